The SMILES string of the molecule is O=C(O)C1(CF)CSC1. The van der Waals surface area contributed by atoms with Crippen molar-refractivity contribution in [3.8, 4) is 0 Å². The van der Waals surface area contributed by atoms with Crippen LogP contribution in [0.1, 0.15) is 0 Å². The molecule has 2 nitrogen and oxygen atoms in total. The minimum Gasteiger partial charge on any atom is -0.481 e. The summed E-state index contributed by atoms with van der Waals surface area (Å²) in [4.78, 5) is 10.3. The molecule has 0 aromatic heterocycles. The summed E-state index contributed by atoms with van der Waals surface area (Å²) in [5, 5.41) is 8.43. The topological polar surface area (TPSA) is 37.3 Å². The first-order valence-corrected chi connectivity index (χ1v) is 3.74. The van der Waals surface area contributed by atoms with E-state index in [-0.39, 0.29) is 0 Å². The maximum Gasteiger partial charge on any atom is 0.314 e. The minimum atomic E-state index is -1.02. The van der Waals surface area contributed by atoms with Crippen LogP contribution in [0, 0.1) is 5.41 Å². The summed E-state index contributed by atoms with van der Waals surface area (Å²) in [5.41, 5.74) is -1.02. The van der Waals surface area contributed by atoms with Gasteiger partial charge in [0.2, 0.25) is 0 Å². The van der Waals surface area contributed by atoms with Gasteiger partial charge in [-0.3, -0.25) is 4.79 Å². The molecule has 0 bridgehead atoms. The predicted molar refractivity (Wildman–Crippen MR) is 33.4 cm³/mol. The summed E-state index contributed by atoms with van der Waals surface area (Å²) < 4.78 is 12.0. The van der Waals surface area contributed by atoms with Crippen LogP contribution in [-0.2, 0) is 4.79 Å². The van der Waals surface area contributed by atoms with Crippen LogP contribution >= 0.6 is 11.8 Å². The van der Waals surface area contributed by atoms with Gasteiger partial charge < -0.3 is 5.11 Å². The number of alkyl halides is 1. The van der Waals surface area contributed by atoms with Crippen LogP contribution in [0.3, 0.4) is 0 Å². The van der Waals surface area contributed by atoms with Gasteiger partial charge in [0.05, 0.1) is 0 Å². The van der Waals surface area contributed by atoms with Crippen LogP contribution in [0.2, 0.25) is 0 Å². The van der Waals surface area contributed by atoms with E-state index in [1.165, 1.54) is 11.8 Å². The molecule has 0 aromatic carbocycles. The van der Waals surface area contributed by atoms with E-state index in [2.05, 4.69) is 0 Å². The molecule has 1 rings (SSSR count). The molecule has 0 unspecified atom stereocenters. The summed E-state index contributed by atoms with van der Waals surface area (Å²) in [5.74, 6) is -0.138. The Kier molecular flexibility index (Phi) is 1.66. The average molecular weight is 150 g/mol. The van der Waals surface area contributed by atoms with Gasteiger partial charge in [-0.2, -0.15) is 11.8 Å². The van der Waals surface area contributed by atoms with Crippen LogP contribution in [-0.4, -0.2) is 29.3 Å². The van der Waals surface area contributed by atoms with E-state index < -0.39 is 18.1 Å². The molecule has 1 aliphatic rings. The normalized spacial score (nSPS) is 22.8. The zero-order valence-electron chi connectivity index (χ0n) is 4.76. The lowest BCUT2D eigenvalue weighted by Gasteiger charge is -2.33. The lowest BCUT2D eigenvalue weighted by Crippen LogP contribution is -2.45. The Labute approximate surface area is 56.4 Å². The lowest BCUT2D eigenvalue weighted by molar-refractivity contribution is -0.147. The molecule has 4 heteroatoms. The zero-order chi connectivity index (χ0) is 6.91. The largest absolute Gasteiger partial charge is 0.481 e. The Balaban J connectivity index is 2.57. The second-order valence-corrected chi connectivity index (χ2v) is 3.20. The second-order valence-electron chi connectivity index (χ2n) is 2.21. The Morgan fingerprint density at radius 3 is 2.33 bits per heavy atom. The monoisotopic (exact) mass is 150 g/mol. The molecule has 1 saturated heterocycles. The van der Waals surface area contributed by atoms with Crippen LogP contribution in [0.4, 0.5) is 4.39 Å². The highest BCUT2D eigenvalue weighted by molar-refractivity contribution is 8.00. The van der Waals surface area contributed by atoms with Gasteiger partial charge in [-0.15, -0.1) is 0 Å². The van der Waals surface area contributed by atoms with E-state index in [0.29, 0.717) is 11.5 Å². The van der Waals surface area contributed by atoms with Crippen molar-refractivity contribution in [1.82, 2.24) is 0 Å². The van der Waals surface area contributed by atoms with Gasteiger partial charge in [-0.1, -0.05) is 0 Å². The second kappa shape index (κ2) is 2.17. The molecule has 1 heterocycles. The van der Waals surface area contributed by atoms with Crippen molar-refractivity contribution in [2.75, 3.05) is 18.2 Å². The first kappa shape index (κ1) is 6.86. The Morgan fingerprint density at radius 2 is 2.33 bits per heavy atom. The highest BCUT2D eigenvalue weighted by Crippen LogP contribution is 2.38. The Morgan fingerprint density at radius 1 is 1.78 bits per heavy atom. The fourth-order valence-corrected chi connectivity index (χ4v) is 1.70. The molecule has 1 aliphatic heterocycles. The molecule has 1 N–H and O–H groups in total. The molecule has 0 radical (unpaired) electrons. The fourth-order valence-electron chi connectivity index (χ4n) is 0.606. The first-order valence-electron chi connectivity index (χ1n) is 2.58. The van der Waals surface area contributed by atoms with E-state index in [1.807, 2.05) is 0 Å². The van der Waals surface area contributed by atoms with Crippen molar-refractivity contribution in [3.05, 3.63) is 0 Å². The highest BCUT2D eigenvalue weighted by Gasteiger charge is 2.45. The number of rotatable bonds is 2. The number of hydrogen-bond donors (Lipinski definition) is 1. The van der Waals surface area contributed by atoms with Crippen molar-refractivity contribution in [3.63, 3.8) is 0 Å². The lowest BCUT2D eigenvalue weighted by atomic mass is 9.94. The summed E-state index contributed by atoms with van der Waals surface area (Å²) in [6.07, 6.45) is 0. The molecule has 9 heavy (non-hydrogen) atoms. The summed E-state index contributed by atoms with van der Waals surface area (Å²) in [6.45, 7) is -0.727. The van der Waals surface area contributed by atoms with Gasteiger partial charge in [0.25, 0.3) is 0 Å². The number of carboxylic acids is 1. The predicted octanol–water partition coefficient (Wildman–Crippen LogP) is 0.774. The van der Waals surface area contributed by atoms with Gasteiger partial charge in [-0.25, -0.2) is 4.39 Å². The first-order chi connectivity index (χ1) is 4.21. The van der Waals surface area contributed by atoms with Crippen molar-refractivity contribution in [2.24, 2.45) is 5.41 Å². The zero-order valence-corrected chi connectivity index (χ0v) is 5.58. The standard InChI is InChI=1S/C5H7FO2S/c6-1-5(4(7)8)2-9-3-5/h1-3H2,(H,7,8). The van der Waals surface area contributed by atoms with Crippen molar-refractivity contribution >= 4 is 17.7 Å². The number of carboxylic acid groups (broad SMARTS) is 1. The number of hydrogen-bond acceptors (Lipinski definition) is 2. The molecule has 0 saturated carbocycles. The van der Waals surface area contributed by atoms with E-state index >= 15 is 0 Å². The third-order valence-corrected chi connectivity index (χ3v) is 2.98. The summed E-state index contributed by atoms with van der Waals surface area (Å²) >= 11 is 1.48. The molecule has 0 aliphatic carbocycles. The fraction of sp³-hybridized carbons (Fsp3) is 0.800. The van der Waals surface area contributed by atoms with Gasteiger partial charge in [-0.05, 0) is 0 Å². The molecule has 0 spiro atoms. The molecular formula is C5H7FO2S. The van der Waals surface area contributed by atoms with Gasteiger partial charge in [0.1, 0.15) is 12.1 Å². The molecule has 1 fully saturated rings. The van der Waals surface area contributed by atoms with Gasteiger partial charge in [0, 0.05) is 11.5 Å². The third-order valence-electron chi connectivity index (χ3n) is 1.47. The highest BCUT2D eigenvalue weighted by atomic mass is 32.2. The maximum atomic E-state index is 12.0. The molecule has 0 aromatic rings. The van der Waals surface area contributed by atoms with Gasteiger partial charge in [0.15, 0.2) is 0 Å². The number of halogens is 1. The van der Waals surface area contributed by atoms with Gasteiger partial charge >= 0.3 is 5.97 Å². The van der Waals surface area contributed by atoms with E-state index in [9.17, 15) is 9.18 Å². The van der Waals surface area contributed by atoms with Crippen molar-refractivity contribution in [2.45, 2.75) is 0 Å². The van der Waals surface area contributed by atoms with E-state index in [4.69, 9.17) is 5.11 Å². The minimum absolute atomic E-state index is 0.429. The molecular weight excluding hydrogens is 143 g/mol. The number of carbonyl (C=O) groups is 1. The van der Waals surface area contributed by atoms with E-state index in [0.717, 1.165) is 0 Å². The summed E-state index contributed by atoms with van der Waals surface area (Å²) in [6, 6.07) is 0. The smallest absolute Gasteiger partial charge is 0.314 e. The summed E-state index contributed by atoms with van der Waals surface area (Å²) in [7, 11) is 0. The maximum absolute atomic E-state index is 12.0. The molecule has 0 atom stereocenters. The Hall–Kier alpha value is -0.250. The van der Waals surface area contributed by atoms with Crippen molar-refractivity contribution in [1.29, 1.82) is 0 Å². The number of aliphatic carboxylic acids is 1. The van der Waals surface area contributed by atoms with E-state index in [1.54, 1.807) is 0 Å². The van der Waals surface area contributed by atoms with Crippen LogP contribution in [0.25, 0.3) is 0 Å². The van der Waals surface area contributed by atoms with Crippen LogP contribution in [0.15, 0.2) is 0 Å². The van der Waals surface area contributed by atoms with Crippen molar-refractivity contribution < 1.29 is 14.3 Å². The third kappa shape index (κ3) is 0.913. The van der Waals surface area contributed by atoms with Crippen LogP contribution < -0.4 is 0 Å². The molecule has 0 amide bonds. The molecule has 52 valence electrons. The number of thioether (sulfide) groups is 1. The average Bonchev–Trinajstić information content (AvgIpc) is 1.62. The Bertz CT molecular complexity index is 127. The van der Waals surface area contributed by atoms with Crippen LogP contribution in [0.5, 0.6) is 0 Å². The quantitative estimate of drug-likeness (QED) is 0.631.